The molecule has 0 unspecified atom stereocenters. The first kappa shape index (κ1) is 18.7. The van der Waals surface area contributed by atoms with Crippen molar-refractivity contribution >= 4 is 33.5 Å². The molecule has 7 nitrogen and oxygen atoms in total. The number of sulfonamides is 1. The molecule has 0 spiro atoms. The van der Waals surface area contributed by atoms with E-state index in [9.17, 15) is 18.0 Å². The summed E-state index contributed by atoms with van der Waals surface area (Å²) in [7, 11) is -2.11. The predicted molar refractivity (Wildman–Crippen MR) is 89.6 cm³/mol. The zero-order valence-electron chi connectivity index (χ0n) is 13.2. The van der Waals surface area contributed by atoms with Gasteiger partial charge in [-0.05, 0) is 24.6 Å². The number of benzene rings is 1. The number of amides is 1. The van der Waals surface area contributed by atoms with Gasteiger partial charge < -0.3 is 10.0 Å². The Hall–Kier alpha value is -1.64. The molecule has 0 bridgehead atoms. The lowest BCUT2D eigenvalue weighted by atomic mass is 10.1. The lowest BCUT2D eigenvalue weighted by Gasteiger charge is -2.40. The average molecular weight is 375 g/mol. The van der Waals surface area contributed by atoms with Gasteiger partial charge in [-0.15, -0.1) is 0 Å². The Morgan fingerprint density at radius 1 is 1.38 bits per heavy atom. The Balaban J connectivity index is 1.90. The van der Waals surface area contributed by atoms with Crippen LogP contribution in [0.4, 0.5) is 0 Å². The molecule has 1 amide bonds. The van der Waals surface area contributed by atoms with Crippen LogP contribution in [0.1, 0.15) is 23.2 Å². The number of likely N-dealkylation sites (tertiary alicyclic amines) is 1. The molecule has 1 aromatic rings. The van der Waals surface area contributed by atoms with Crippen LogP contribution >= 0.6 is 11.6 Å². The Kier molecular flexibility index (Phi) is 5.84. The molecule has 132 valence electrons. The van der Waals surface area contributed by atoms with Crippen LogP contribution in [0.2, 0.25) is 5.02 Å². The minimum Gasteiger partial charge on any atom is -0.481 e. The lowest BCUT2D eigenvalue weighted by molar-refractivity contribution is -0.137. The fraction of sp³-hybridized carbons (Fsp3) is 0.467. The summed E-state index contributed by atoms with van der Waals surface area (Å²) in [6.07, 6.45) is 0.173. The van der Waals surface area contributed by atoms with E-state index in [1.165, 1.54) is 16.3 Å². The van der Waals surface area contributed by atoms with Gasteiger partial charge in [-0.25, -0.2) is 12.7 Å². The van der Waals surface area contributed by atoms with Crippen LogP contribution in [0.3, 0.4) is 0 Å². The summed E-state index contributed by atoms with van der Waals surface area (Å²) in [5, 5.41) is 8.39. The van der Waals surface area contributed by atoms with E-state index in [-0.39, 0.29) is 38.4 Å². The van der Waals surface area contributed by atoms with Gasteiger partial charge in [-0.3, -0.25) is 9.59 Å². The van der Waals surface area contributed by atoms with E-state index in [0.717, 1.165) is 0 Å². The first-order valence-electron chi connectivity index (χ1n) is 7.43. The molecule has 0 atom stereocenters. The predicted octanol–water partition coefficient (Wildman–Crippen LogP) is 1.29. The van der Waals surface area contributed by atoms with E-state index in [2.05, 4.69) is 0 Å². The number of nitrogens with zero attached hydrogens (tertiary/aromatic N) is 2. The van der Waals surface area contributed by atoms with E-state index in [0.29, 0.717) is 10.6 Å². The van der Waals surface area contributed by atoms with Crippen molar-refractivity contribution in [3.05, 3.63) is 34.9 Å². The first-order chi connectivity index (χ1) is 11.2. The van der Waals surface area contributed by atoms with Crippen LogP contribution in [0.5, 0.6) is 0 Å². The molecule has 1 aromatic carbocycles. The van der Waals surface area contributed by atoms with Crippen LogP contribution in [0.15, 0.2) is 24.3 Å². The summed E-state index contributed by atoms with van der Waals surface area (Å²) in [5.41, 5.74) is 0.424. The molecule has 0 saturated carbocycles. The highest BCUT2D eigenvalue weighted by atomic mass is 35.5. The second-order valence-corrected chi connectivity index (χ2v) is 8.46. The van der Waals surface area contributed by atoms with E-state index in [1.807, 2.05) is 0 Å². The van der Waals surface area contributed by atoms with Gasteiger partial charge in [0.2, 0.25) is 10.0 Å². The third kappa shape index (κ3) is 4.25. The number of hydrogen-bond acceptors (Lipinski definition) is 4. The highest BCUT2D eigenvalue weighted by molar-refractivity contribution is 7.89. The van der Waals surface area contributed by atoms with Gasteiger partial charge in [-0.2, -0.15) is 0 Å². The number of carbonyl (C=O) groups is 2. The summed E-state index contributed by atoms with van der Waals surface area (Å²) in [6.45, 7) is 0.390. The largest absolute Gasteiger partial charge is 0.481 e. The van der Waals surface area contributed by atoms with Crippen molar-refractivity contribution in [1.29, 1.82) is 0 Å². The Morgan fingerprint density at radius 2 is 2.04 bits per heavy atom. The fourth-order valence-corrected chi connectivity index (χ4v) is 4.25. The smallest absolute Gasteiger partial charge is 0.303 e. The first-order valence-corrected chi connectivity index (χ1v) is 9.31. The molecule has 1 fully saturated rings. The minimum atomic E-state index is -3.54. The van der Waals surface area contributed by atoms with Crippen LogP contribution in [0, 0.1) is 0 Å². The number of hydrogen-bond donors (Lipinski definition) is 1. The minimum absolute atomic E-state index is 0.0795. The van der Waals surface area contributed by atoms with Crippen LogP contribution in [-0.4, -0.2) is 66.5 Å². The van der Waals surface area contributed by atoms with Crippen LogP contribution < -0.4 is 0 Å². The average Bonchev–Trinajstić information content (AvgIpc) is 2.44. The topological polar surface area (TPSA) is 95.0 Å². The van der Waals surface area contributed by atoms with Gasteiger partial charge in [0, 0.05) is 43.7 Å². The fourth-order valence-electron chi connectivity index (χ4n) is 2.43. The monoisotopic (exact) mass is 374 g/mol. The maximum atomic E-state index is 12.4. The highest BCUT2D eigenvalue weighted by Crippen LogP contribution is 2.22. The number of halogens is 1. The van der Waals surface area contributed by atoms with E-state index in [4.69, 9.17) is 16.7 Å². The maximum Gasteiger partial charge on any atom is 0.303 e. The zero-order chi connectivity index (χ0) is 17.9. The standard InChI is InChI=1S/C15H19ClN2O5S/c1-17(7-3-6-14(19)20)24(22,23)13-9-18(10-13)15(21)11-4-2-5-12(16)8-11/h2,4-5,8,13H,3,6-7,9-10H2,1H3,(H,19,20). The van der Waals surface area contributed by atoms with Crippen LogP contribution in [0.25, 0.3) is 0 Å². The van der Waals surface area contributed by atoms with Gasteiger partial charge in [0.25, 0.3) is 5.91 Å². The molecule has 9 heteroatoms. The van der Waals surface area contributed by atoms with Crippen molar-refractivity contribution in [1.82, 2.24) is 9.21 Å². The molecule has 1 N–H and O–H groups in total. The van der Waals surface area contributed by atoms with Gasteiger partial charge in [0.05, 0.1) is 0 Å². The number of carboxylic acid groups (broad SMARTS) is 1. The van der Waals surface area contributed by atoms with Crippen molar-refractivity contribution in [2.45, 2.75) is 18.1 Å². The van der Waals surface area contributed by atoms with E-state index in [1.54, 1.807) is 24.3 Å². The van der Waals surface area contributed by atoms with Crippen molar-refractivity contribution in [2.75, 3.05) is 26.7 Å². The van der Waals surface area contributed by atoms with Crippen molar-refractivity contribution in [2.24, 2.45) is 0 Å². The van der Waals surface area contributed by atoms with Gasteiger partial charge in [-0.1, -0.05) is 17.7 Å². The summed E-state index contributed by atoms with van der Waals surface area (Å²) in [6, 6.07) is 6.51. The maximum absolute atomic E-state index is 12.4. The van der Waals surface area contributed by atoms with Crippen molar-refractivity contribution < 1.29 is 23.1 Å². The van der Waals surface area contributed by atoms with Gasteiger partial charge in [0.15, 0.2) is 0 Å². The third-order valence-corrected chi connectivity index (χ3v) is 6.35. The molecule has 1 saturated heterocycles. The Bertz CT molecular complexity index is 731. The Morgan fingerprint density at radius 3 is 2.62 bits per heavy atom. The third-order valence-electron chi connectivity index (χ3n) is 3.93. The van der Waals surface area contributed by atoms with Gasteiger partial charge in [0.1, 0.15) is 5.25 Å². The van der Waals surface area contributed by atoms with Gasteiger partial charge >= 0.3 is 5.97 Å². The normalized spacial score (nSPS) is 15.4. The molecule has 1 aliphatic rings. The summed E-state index contributed by atoms with van der Waals surface area (Å²) in [4.78, 5) is 24.2. The molecular formula is C15H19ClN2O5S. The zero-order valence-corrected chi connectivity index (χ0v) is 14.8. The molecule has 0 radical (unpaired) electrons. The molecule has 1 aliphatic heterocycles. The number of aliphatic carboxylic acids is 1. The molecular weight excluding hydrogens is 356 g/mol. The summed E-state index contributed by atoms with van der Waals surface area (Å²) < 4.78 is 25.9. The van der Waals surface area contributed by atoms with E-state index >= 15 is 0 Å². The number of carbonyl (C=O) groups excluding carboxylic acids is 1. The van der Waals surface area contributed by atoms with Crippen molar-refractivity contribution in [3.63, 3.8) is 0 Å². The molecule has 0 aliphatic carbocycles. The second-order valence-electron chi connectivity index (χ2n) is 5.71. The summed E-state index contributed by atoms with van der Waals surface area (Å²) >= 11 is 5.85. The molecule has 1 heterocycles. The van der Waals surface area contributed by atoms with Crippen molar-refractivity contribution in [3.8, 4) is 0 Å². The number of rotatable bonds is 7. The van der Waals surface area contributed by atoms with E-state index < -0.39 is 21.2 Å². The van der Waals surface area contributed by atoms with Crippen LogP contribution in [-0.2, 0) is 14.8 Å². The SMILES string of the molecule is CN(CCCC(=O)O)S(=O)(=O)C1CN(C(=O)c2cccc(Cl)c2)C1. The Labute approximate surface area is 145 Å². The highest BCUT2D eigenvalue weighted by Gasteiger charge is 2.41. The quantitative estimate of drug-likeness (QED) is 0.776. The molecule has 2 rings (SSSR count). The molecule has 24 heavy (non-hydrogen) atoms. The second kappa shape index (κ2) is 7.50. The molecule has 0 aromatic heterocycles. The lowest BCUT2D eigenvalue weighted by Crippen LogP contribution is -2.59. The summed E-state index contributed by atoms with van der Waals surface area (Å²) in [5.74, 6) is -1.21. The number of carboxylic acids is 1.